The number of sulfonamides is 1. The molecule has 0 fully saturated rings. The van der Waals surface area contributed by atoms with Gasteiger partial charge in [0.1, 0.15) is 12.6 Å². The Morgan fingerprint density at radius 2 is 1.50 bits per heavy atom. The first kappa shape index (κ1) is 28.9. The first-order valence-corrected chi connectivity index (χ1v) is 14.3. The number of aryl methyl sites for hydroxylation is 3. The van der Waals surface area contributed by atoms with Gasteiger partial charge in [0, 0.05) is 13.1 Å². The number of amides is 2. The molecule has 0 aliphatic carbocycles. The second-order valence-corrected chi connectivity index (χ2v) is 11.3. The highest BCUT2D eigenvalue weighted by molar-refractivity contribution is 7.92. The van der Waals surface area contributed by atoms with E-state index in [1.54, 1.807) is 24.3 Å². The first-order chi connectivity index (χ1) is 18.1. The lowest BCUT2D eigenvalue weighted by atomic mass is 10.1. The van der Waals surface area contributed by atoms with Crippen LogP contribution in [0.3, 0.4) is 0 Å². The number of nitrogens with one attached hydrogen (secondary N) is 1. The molecular formula is C30H37N3O4S. The molecule has 202 valence electrons. The van der Waals surface area contributed by atoms with Gasteiger partial charge in [-0.15, -0.1) is 0 Å². The minimum absolute atomic E-state index is 0.0913. The van der Waals surface area contributed by atoms with Crippen LogP contribution in [0.2, 0.25) is 0 Å². The van der Waals surface area contributed by atoms with Crippen molar-refractivity contribution in [3.05, 3.63) is 95.1 Å². The molecule has 1 atom stereocenters. The number of rotatable bonds is 11. The summed E-state index contributed by atoms with van der Waals surface area (Å²) in [4.78, 5) is 28.6. The average molecular weight is 536 g/mol. The fraction of sp³-hybridized carbons (Fsp3) is 0.333. The molecule has 0 radical (unpaired) electrons. The summed E-state index contributed by atoms with van der Waals surface area (Å²) in [5.74, 6) is -0.720. The number of carbonyl (C=O) groups is 2. The van der Waals surface area contributed by atoms with E-state index in [1.165, 1.54) is 17.0 Å². The number of hydrogen-bond acceptors (Lipinski definition) is 4. The highest BCUT2D eigenvalue weighted by atomic mass is 32.2. The molecule has 0 spiro atoms. The Balaban J connectivity index is 2.08. The van der Waals surface area contributed by atoms with E-state index in [1.807, 2.05) is 71.0 Å². The summed E-state index contributed by atoms with van der Waals surface area (Å²) in [6, 6.07) is 20.5. The van der Waals surface area contributed by atoms with E-state index >= 15 is 0 Å². The Labute approximate surface area is 226 Å². The first-order valence-electron chi connectivity index (χ1n) is 12.9. The molecule has 7 nitrogen and oxygen atoms in total. The van der Waals surface area contributed by atoms with Crippen LogP contribution in [0, 0.1) is 20.8 Å². The summed E-state index contributed by atoms with van der Waals surface area (Å²) in [5, 5.41) is 2.82. The van der Waals surface area contributed by atoms with Crippen LogP contribution in [-0.4, -0.2) is 44.3 Å². The van der Waals surface area contributed by atoms with Crippen molar-refractivity contribution in [2.75, 3.05) is 17.4 Å². The van der Waals surface area contributed by atoms with Gasteiger partial charge in [-0.1, -0.05) is 72.6 Å². The predicted octanol–water partition coefficient (Wildman–Crippen LogP) is 4.75. The smallest absolute Gasteiger partial charge is 0.264 e. The molecule has 2 amide bonds. The van der Waals surface area contributed by atoms with E-state index in [4.69, 9.17) is 0 Å². The number of carbonyl (C=O) groups excluding carboxylic acids is 2. The maximum atomic E-state index is 14.0. The van der Waals surface area contributed by atoms with Gasteiger partial charge in [-0.2, -0.15) is 0 Å². The van der Waals surface area contributed by atoms with Crippen LogP contribution in [0.15, 0.2) is 77.7 Å². The fourth-order valence-electron chi connectivity index (χ4n) is 4.42. The molecule has 0 heterocycles. The average Bonchev–Trinajstić information content (AvgIpc) is 2.89. The Kier molecular flexibility index (Phi) is 9.69. The van der Waals surface area contributed by atoms with Gasteiger partial charge >= 0.3 is 0 Å². The Hall–Kier alpha value is -3.65. The topological polar surface area (TPSA) is 86.8 Å². The summed E-state index contributed by atoms with van der Waals surface area (Å²) < 4.78 is 28.9. The summed E-state index contributed by atoms with van der Waals surface area (Å²) in [6.07, 6.45) is 0.387. The number of nitrogens with zero attached hydrogens (tertiary/aromatic N) is 2. The van der Waals surface area contributed by atoms with Gasteiger partial charge in [0.2, 0.25) is 11.8 Å². The Morgan fingerprint density at radius 3 is 2.08 bits per heavy atom. The second-order valence-electron chi connectivity index (χ2n) is 9.44. The minimum atomic E-state index is -4.07. The zero-order valence-electron chi connectivity index (χ0n) is 22.8. The van der Waals surface area contributed by atoms with Crippen molar-refractivity contribution in [2.45, 2.75) is 58.5 Å². The maximum Gasteiger partial charge on any atom is 0.264 e. The lowest BCUT2D eigenvalue weighted by Gasteiger charge is -2.33. The molecule has 1 N–H and O–H groups in total. The number of benzene rings is 3. The Bertz CT molecular complexity index is 1360. The zero-order chi connectivity index (χ0) is 27.9. The van der Waals surface area contributed by atoms with Crippen LogP contribution < -0.4 is 9.62 Å². The molecule has 0 saturated heterocycles. The van der Waals surface area contributed by atoms with Crippen LogP contribution in [-0.2, 0) is 26.2 Å². The number of likely N-dealkylation sites (N-methyl/N-ethyl adjacent to an activating group) is 1. The summed E-state index contributed by atoms with van der Waals surface area (Å²) in [6.45, 7) is 9.58. The highest BCUT2D eigenvalue weighted by Gasteiger charge is 2.34. The lowest BCUT2D eigenvalue weighted by Crippen LogP contribution is -2.52. The van der Waals surface area contributed by atoms with Crippen LogP contribution in [0.25, 0.3) is 0 Å². The molecule has 3 aromatic rings. The lowest BCUT2D eigenvalue weighted by molar-refractivity contribution is -0.140. The maximum absolute atomic E-state index is 14.0. The number of anilines is 1. The van der Waals surface area contributed by atoms with E-state index in [0.717, 1.165) is 26.6 Å². The van der Waals surface area contributed by atoms with Crippen LogP contribution in [0.1, 0.15) is 42.5 Å². The van der Waals surface area contributed by atoms with Crippen molar-refractivity contribution in [2.24, 2.45) is 0 Å². The quantitative estimate of drug-likeness (QED) is 0.384. The molecule has 0 aliphatic heterocycles. The third-order valence-corrected chi connectivity index (χ3v) is 8.22. The molecule has 3 aromatic carbocycles. The van der Waals surface area contributed by atoms with Crippen molar-refractivity contribution < 1.29 is 18.0 Å². The fourth-order valence-corrected chi connectivity index (χ4v) is 5.92. The van der Waals surface area contributed by atoms with Crippen molar-refractivity contribution >= 4 is 27.5 Å². The van der Waals surface area contributed by atoms with Gasteiger partial charge < -0.3 is 10.2 Å². The molecule has 3 rings (SSSR count). The SMILES string of the molecule is CCNC(=O)C(CC)N(Cc1ccc(C)cc1)C(=O)CN(c1ccc(C)cc1C)S(=O)(=O)c1ccccc1. The molecule has 1 unspecified atom stereocenters. The van der Waals surface area contributed by atoms with Crippen molar-refractivity contribution in [1.82, 2.24) is 10.2 Å². The third-order valence-electron chi connectivity index (χ3n) is 6.44. The minimum Gasteiger partial charge on any atom is -0.355 e. The Morgan fingerprint density at radius 1 is 0.868 bits per heavy atom. The van der Waals surface area contributed by atoms with E-state index in [9.17, 15) is 18.0 Å². The normalized spacial score (nSPS) is 12.0. The van der Waals surface area contributed by atoms with Gasteiger partial charge in [-0.25, -0.2) is 8.42 Å². The second kappa shape index (κ2) is 12.7. The molecule has 0 aliphatic rings. The predicted molar refractivity (Wildman–Crippen MR) is 151 cm³/mol. The van der Waals surface area contributed by atoms with Crippen LogP contribution >= 0.6 is 0 Å². The summed E-state index contributed by atoms with van der Waals surface area (Å²) in [7, 11) is -4.07. The summed E-state index contributed by atoms with van der Waals surface area (Å²) >= 11 is 0. The van der Waals surface area contributed by atoms with Crippen molar-refractivity contribution in [3.63, 3.8) is 0 Å². The molecule has 0 aromatic heterocycles. The van der Waals surface area contributed by atoms with Crippen LogP contribution in [0.4, 0.5) is 5.69 Å². The largest absolute Gasteiger partial charge is 0.355 e. The van der Waals surface area contributed by atoms with Gasteiger partial charge in [0.15, 0.2) is 0 Å². The highest BCUT2D eigenvalue weighted by Crippen LogP contribution is 2.28. The molecule has 8 heteroatoms. The van der Waals surface area contributed by atoms with Gasteiger partial charge in [-0.05, 0) is 63.4 Å². The van der Waals surface area contributed by atoms with Crippen molar-refractivity contribution in [1.29, 1.82) is 0 Å². The molecular weight excluding hydrogens is 498 g/mol. The summed E-state index contributed by atoms with van der Waals surface area (Å²) in [5.41, 5.74) is 4.08. The van der Waals surface area contributed by atoms with Gasteiger partial charge in [0.05, 0.1) is 10.6 Å². The van der Waals surface area contributed by atoms with Gasteiger partial charge in [0.25, 0.3) is 10.0 Å². The van der Waals surface area contributed by atoms with Gasteiger partial charge in [-0.3, -0.25) is 13.9 Å². The number of hydrogen-bond donors (Lipinski definition) is 1. The third kappa shape index (κ3) is 6.81. The van der Waals surface area contributed by atoms with E-state index in [2.05, 4.69) is 5.32 Å². The van der Waals surface area contributed by atoms with E-state index in [-0.39, 0.29) is 17.3 Å². The van der Waals surface area contributed by atoms with E-state index in [0.29, 0.717) is 18.7 Å². The molecule has 0 bridgehead atoms. The van der Waals surface area contributed by atoms with E-state index < -0.39 is 28.5 Å². The standard InChI is InChI=1S/C30H37N3O4S/c1-6-27(30(35)31-7-2)32(20-25-16-13-22(3)14-17-25)29(34)21-33(28-18-15-23(4)19-24(28)5)38(36,37)26-11-9-8-10-12-26/h8-19,27H,6-7,20-21H2,1-5H3,(H,31,35). The monoisotopic (exact) mass is 535 g/mol. The van der Waals surface area contributed by atoms with Crippen LogP contribution in [0.5, 0.6) is 0 Å². The molecule has 38 heavy (non-hydrogen) atoms. The van der Waals surface area contributed by atoms with Crippen molar-refractivity contribution in [3.8, 4) is 0 Å². The molecule has 0 saturated carbocycles. The zero-order valence-corrected chi connectivity index (χ0v) is 23.6.